The molecule has 2 aromatic rings. The summed E-state index contributed by atoms with van der Waals surface area (Å²) in [7, 11) is 1.62. The molecule has 3 rings (SSSR count). The molecule has 0 radical (unpaired) electrons. The number of hydrogen-bond donors (Lipinski definition) is 1. The molecule has 0 amide bonds. The van der Waals surface area contributed by atoms with Gasteiger partial charge in [0, 0.05) is 17.4 Å². The van der Waals surface area contributed by atoms with Crippen LogP contribution in [0.3, 0.4) is 0 Å². The quantitative estimate of drug-likeness (QED) is 0.854. The van der Waals surface area contributed by atoms with Gasteiger partial charge in [0.25, 0.3) is 0 Å². The second-order valence-corrected chi connectivity index (χ2v) is 6.18. The van der Waals surface area contributed by atoms with Gasteiger partial charge in [0.1, 0.15) is 5.75 Å². The molecule has 0 spiro atoms. The van der Waals surface area contributed by atoms with Crippen LogP contribution in [0.15, 0.2) is 23.4 Å². The van der Waals surface area contributed by atoms with E-state index in [1.54, 1.807) is 24.9 Å². The zero-order chi connectivity index (χ0) is 14.7. The molecule has 1 aromatic heterocycles. The summed E-state index contributed by atoms with van der Waals surface area (Å²) in [6, 6.07) is 5.42. The first kappa shape index (κ1) is 14.7. The van der Waals surface area contributed by atoms with Crippen LogP contribution >= 0.6 is 23.4 Å². The fourth-order valence-corrected chi connectivity index (χ4v) is 3.28. The highest BCUT2D eigenvalue weighted by Gasteiger charge is 2.17. The topological polar surface area (TPSA) is 60.0 Å². The highest BCUT2D eigenvalue weighted by atomic mass is 35.5. The molecule has 7 heteroatoms. The number of aromatic nitrogens is 3. The van der Waals surface area contributed by atoms with E-state index in [2.05, 4.69) is 15.2 Å². The first-order valence-corrected chi connectivity index (χ1v) is 8.13. The molecule has 0 saturated carbocycles. The number of aromatic amines is 1. The van der Waals surface area contributed by atoms with Crippen molar-refractivity contribution in [2.24, 2.45) is 0 Å². The summed E-state index contributed by atoms with van der Waals surface area (Å²) in [6.45, 7) is 0.865. The Labute approximate surface area is 132 Å². The average Bonchev–Trinajstić information content (AvgIpc) is 3.16. The van der Waals surface area contributed by atoms with Crippen LogP contribution < -0.4 is 4.74 Å². The SMILES string of the molecule is COc1ccc(Cl)cc1-c1nc(SCC2CCCO2)n[nH]1. The van der Waals surface area contributed by atoms with E-state index in [-0.39, 0.29) is 0 Å². The van der Waals surface area contributed by atoms with Crippen molar-refractivity contribution in [1.29, 1.82) is 0 Å². The third kappa shape index (κ3) is 3.51. The largest absolute Gasteiger partial charge is 0.496 e. The van der Waals surface area contributed by atoms with Crippen molar-refractivity contribution in [2.45, 2.75) is 24.1 Å². The highest BCUT2D eigenvalue weighted by molar-refractivity contribution is 7.99. The predicted molar refractivity (Wildman–Crippen MR) is 83.1 cm³/mol. The van der Waals surface area contributed by atoms with Crippen LogP contribution in [0.2, 0.25) is 5.02 Å². The first-order valence-electron chi connectivity index (χ1n) is 6.77. The zero-order valence-electron chi connectivity index (χ0n) is 11.6. The van der Waals surface area contributed by atoms with Crippen LogP contribution in [0, 0.1) is 0 Å². The van der Waals surface area contributed by atoms with Crippen molar-refractivity contribution >= 4 is 23.4 Å². The van der Waals surface area contributed by atoms with Gasteiger partial charge in [-0.2, -0.15) is 0 Å². The molecule has 112 valence electrons. The summed E-state index contributed by atoms with van der Waals surface area (Å²) >= 11 is 7.64. The summed E-state index contributed by atoms with van der Waals surface area (Å²) in [5, 5.41) is 8.51. The maximum Gasteiger partial charge on any atom is 0.208 e. The molecular weight excluding hydrogens is 310 g/mol. The van der Waals surface area contributed by atoms with E-state index >= 15 is 0 Å². The van der Waals surface area contributed by atoms with E-state index in [4.69, 9.17) is 21.1 Å². The Morgan fingerprint density at radius 3 is 3.19 bits per heavy atom. The second-order valence-electron chi connectivity index (χ2n) is 4.76. The summed E-state index contributed by atoms with van der Waals surface area (Å²) in [6.07, 6.45) is 2.58. The number of thioether (sulfide) groups is 1. The minimum Gasteiger partial charge on any atom is -0.496 e. The molecule has 0 bridgehead atoms. The first-order chi connectivity index (χ1) is 10.3. The summed E-state index contributed by atoms with van der Waals surface area (Å²) in [5.41, 5.74) is 0.807. The summed E-state index contributed by atoms with van der Waals surface area (Å²) < 4.78 is 10.9. The standard InChI is InChI=1S/C14H16ClN3O2S/c1-19-12-5-4-9(15)7-11(12)13-16-14(18-17-13)21-8-10-3-2-6-20-10/h4-5,7,10H,2-3,6,8H2,1H3,(H,16,17,18). The van der Waals surface area contributed by atoms with E-state index < -0.39 is 0 Å². The van der Waals surface area contributed by atoms with Crippen LogP contribution in [-0.4, -0.2) is 40.8 Å². The minimum absolute atomic E-state index is 0.317. The smallest absolute Gasteiger partial charge is 0.208 e. The van der Waals surface area contributed by atoms with Gasteiger partial charge in [-0.15, -0.1) is 5.10 Å². The van der Waals surface area contributed by atoms with Gasteiger partial charge in [-0.3, -0.25) is 5.10 Å². The second kappa shape index (κ2) is 6.68. The Morgan fingerprint density at radius 1 is 1.52 bits per heavy atom. The van der Waals surface area contributed by atoms with Crippen molar-refractivity contribution in [3.05, 3.63) is 23.2 Å². The van der Waals surface area contributed by atoms with Gasteiger partial charge in [-0.05, 0) is 31.0 Å². The fraction of sp³-hybridized carbons (Fsp3) is 0.429. The molecule has 0 aliphatic carbocycles. The van der Waals surface area contributed by atoms with Crippen molar-refractivity contribution in [1.82, 2.24) is 15.2 Å². The van der Waals surface area contributed by atoms with Crippen molar-refractivity contribution in [3.8, 4) is 17.1 Å². The van der Waals surface area contributed by atoms with Gasteiger partial charge in [-0.1, -0.05) is 23.4 Å². The molecular formula is C14H16ClN3O2S. The number of rotatable bonds is 5. The predicted octanol–water partition coefficient (Wildman–Crippen LogP) is 3.40. The van der Waals surface area contributed by atoms with E-state index in [9.17, 15) is 0 Å². The Balaban J connectivity index is 1.73. The number of methoxy groups -OCH3 is 1. The molecule has 1 N–H and O–H groups in total. The molecule has 2 heterocycles. The van der Waals surface area contributed by atoms with E-state index in [0.717, 1.165) is 30.8 Å². The third-order valence-electron chi connectivity index (χ3n) is 3.30. The number of hydrogen-bond acceptors (Lipinski definition) is 5. The fourth-order valence-electron chi connectivity index (χ4n) is 2.24. The van der Waals surface area contributed by atoms with Gasteiger partial charge in [0.05, 0.1) is 18.8 Å². The molecule has 1 atom stereocenters. The van der Waals surface area contributed by atoms with Gasteiger partial charge in [0.15, 0.2) is 5.82 Å². The zero-order valence-corrected chi connectivity index (χ0v) is 13.2. The number of nitrogens with zero attached hydrogens (tertiary/aromatic N) is 2. The van der Waals surface area contributed by atoms with Crippen molar-refractivity contribution in [2.75, 3.05) is 19.5 Å². The molecule has 1 aromatic carbocycles. The van der Waals surface area contributed by atoms with Crippen molar-refractivity contribution < 1.29 is 9.47 Å². The summed E-state index contributed by atoms with van der Waals surface area (Å²) in [5.74, 6) is 2.25. The molecule has 1 saturated heterocycles. The normalized spacial score (nSPS) is 18.1. The number of H-pyrrole nitrogens is 1. The van der Waals surface area contributed by atoms with Gasteiger partial charge < -0.3 is 9.47 Å². The Morgan fingerprint density at radius 2 is 2.43 bits per heavy atom. The lowest BCUT2D eigenvalue weighted by Gasteiger charge is -2.06. The van der Waals surface area contributed by atoms with Crippen LogP contribution in [0.4, 0.5) is 0 Å². The molecule has 1 fully saturated rings. The van der Waals surface area contributed by atoms with E-state index in [1.165, 1.54) is 0 Å². The van der Waals surface area contributed by atoms with Crippen molar-refractivity contribution in [3.63, 3.8) is 0 Å². The molecule has 5 nitrogen and oxygen atoms in total. The lowest BCUT2D eigenvalue weighted by molar-refractivity contribution is 0.129. The molecule has 21 heavy (non-hydrogen) atoms. The Kier molecular flexibility index (Phi) is 4.67. The minimum atomic E-state index is 0.317. The van der Waals surface area contributed by atoms with Gasteiger partial charge in [0.2, 0.25) is 5.16 Å². The number of ether oxygens (including phenoxy) is 2. The van der Waals surface area contributed by atoms with Crippen LogP contribution in [-0.2, 0) is 4.74 Å². The number of benzene rings is 1. The Hall–Kier alpha value is -1.24. The van der Waals surface area contributed by atoms with Gasteiger partial charge >= 0.3 is 0 Å². The van der Waals surface area contributed by atoms with E-state index in [1.807, 2.05) is 12.1 Å². The van der Waals surface area contributed by atoms with Crippen LogP contribution in [0.5, 0.6) is 5.75 Å². The van der Waals surface area contributed by atoms with E-state index in [0.29, 0.717) is 27.9 Å². The summed E-state index contributed by atoms with van der Waals surface area (Å²) in [4.78, 5) is 4.49. The molecule has 1 aliphatic rings. The maximum absolute atomic E-state index is 6.04. The monoisotopic (exact) mass is 325 g/mol. The van der Waals surface area contributed by atoms with Crippen LogP contribution in [0.1, 0.15) is 12.8 Å². The number of nitrogens with one attached hydrogen (secondary N) is 1. The highest BCUT2D eigenvalue weighted by Crippen LogP contribution is 2.31. The molecule has 1 aliphatic heterocycles. The van der Waals surface area contributed by atoms with Crippen LogP contribution in [0.25, 0.3) is 11.4 Å². The van der Waals surface area contributed by atoms with Gasteiger partial charge in [-0.25, -0.2) is 4.98 Å². The lowest BCUT2D eigenvalue weighted by Crippen LogP contribution is -2.07. The maximum atomic E-state index is 6.04. The Bertz CT molecular complexity index is 614. The number of halogens is 1. The third-order valence-corrected chi connectivity index (χ3v) is 4.52. The molecule has 1 unspecified atom stereocenters. The lowest BCUT2D eigenvalue weighted by atomic mass is 10.2. The average molecular weight is 326 g/mol.